The van der Waals surface area contributed by atoms with E-state index in [1.807, 2.05) is 0 Å². The van der Waals surface area contributed by atoms with Crippen molar-refractivity contribution in [2.75, 3.05) is 13.1 Å². The Labute approximate surface area is 115 Å². The van der Waals surface area contributed by atoms with E-state index in [0.717, 1.165) is 11.0 Å². The summed E-state index contributed by atoms with van der Waals surface area (Å²) in [5, 5.41) is 19.6. The number of hydrogen-bond acceptors (Lipinski definition) is 4. The summed E-state index contributed by atoms with van der Waals surface area (Å²) in [5.41, 5.74) is 0.329. The average molecular weight is 278 g/mol. The number of carbonyl (C=O) groups is 2. The first-order valence-electron chi connectivity index (χ1n) is 5.73. The van der Waals surface area contributed by atoms with Crippen LogP contribution in [-0.4, -0.2) is 39.9 Å². The van der Waals surface area contributed by atoms with Gasteiger partial charge in [-0.2, -0.15) is 0 Å². The normalized spacial score (nSPS) is 9.85. The highest BCUT2D eigenvalue weighted by Gasteiger charge is 2.20. The summed E-state index contributed by atoms with van der Waals surface area (Å²) in [4.78, 5) is 34.2. The van der Waals surface area contributed by atoms with Gasteiger partial charge in [0.2, 0.25) is 0 Å². The zero-order chi connectivity index (χ0) is 15.3. The van der Waals surface area contributed by atoms with Gasteiger partial charge in [0.1, 0.15) is 6.54 Å². The molecule has 0 aliphatic rings. The Morgan fingerprint density at radius 3 is 2.65 bits per heavy atom. The van der Waals surface area contributed by atoms with E-state index in [1.54, 1.807) is 6.92 Å². The van der Waals surface area contributed by atoms with Crippen LogP contribution in [0.3, 0.4) is 0 Å². The van der Waals surface area contributed by atoms with Crippen molar-refractivity contribution in [2.24, 2.45) is 0 Å². The molecular formula is C13H14N2O5. The van der Waals surface area contributed by atoms with E-state index in [-0.39, 0.29) is 17.8 Å². The van der Waals surface area contributed by atoms with Crippen molar-refractivity contribution in [3.05, 3.63) is 52.1 Å². The Morgan fingerprint density at radius 1 is 1.50 bits per heavy atom. The topological polar surface area (TPSA) is 101 Å². The fourth-order valence-electron chi connectivity index (χ4n) is 1.66. The first-order chi connectivity index (χ1) is 9.36. The van der Waals surface area contributed by atoms with Crippen molar-refractivity contribution in [3.63, 3.8) is 0 Å². The first kappa shape index (κ1) is 15.4. The maximum Gasteiger partial charge on any atom is 0.323 e. The van der Waals surface area contributed by atoms with Gasteiger partial charge in [0.05, 0.1) is 4.92 Å². The van der Waals surface area contributed by atoms with E-state index in [2.05, 4.69) is 6.58 Å². The highest BCUT2D eigenvalue weighted by Crippen LogP contribution is 2.20. The molecule has 0 fully saturated rings. The molecule has 0 heterocycles. The number of rotatable bonds is 6. The number of carbonyl (C=O) groups excluding carboxylic acids is 1. The number of carboxylic acids is 1. The molecule has 0 aliphatic carbocycles. The van der Waals surface area contributed by atoms with Crippen molar-refractivity contribution >= 4 is 17.6 Å². The number of carboxylic acid groups (broad SMARTS) is 1. The third-order valence-corrected chi connectivity index (χ3v) is 2.62. The number of amides is 1. The van der Waals surface area contributed by atoms with Gasteiger partial charge in [-0.05, 0) is 13.0 Å². The summed E-state index contributed by atoms with van der Waals surface area (Å²) in [7, 11) is 0. The number of benzene rings is 1. The predicted molar refractivity (Wildman–Crippen MR) is 71.6 cm³/mol. The molecule has 0 unspecified atom stereocenters. The quantitative estimate of drug-likeness (QED) is 0.484. The third-order valence-electron chi connectivity index (χ3n) is 2.62. The van der Waals surface area contributed by atoms with Gasteiger partial charge in [0.25, 0.3) is 11.6 Å². The molecule has 106 valence electrons. The largest absolute Gasteiger partial charge is 0.480 e. The van der Waals surface area contributed by atoms with Crippen molar-refractivity contribution in [1.29, 1.82) is 0 Å². The van der Waals surface area contributed by atoms with Crippen LogP contribution in [0.2, 0.25) is 0 Å². The zero-order valence-electron chi connectivity index (χ0n) is 10.9. The summed E-state index contributed by atoms with van der Waals surface area (Å²) in [6.07, 6.45) is 1.39. The Morgan fingerprint density at radius 2 is 2.15 bits per heavy atom. The van der Waals surface area contributed by atoms with Crippen LogP contribution < -0.4 is 0 Å². The molecule has 1 aromatic rings. The van der Waals surface area contributed by atoms with Gasteiger partial charge in [-0.15, -0.1) is 6.58 Å². The minimum absolute atomic E-state index is 0.0484. The lowest BCUT2D eigenvalue weighted by Crippen LogP contribution is -2.35. The van der Waals surface area contributed by atoms with Crippen LogP contribution in [0.25, 0.3) is 0 Å². The fourth-order valence-corrected chi connectivity index (χ4v) is 1.66. The minimum atomic E-state index is -1.16. The van der Waals surface area contributed by atoms with Crippen LogP contribution in [0, 0.1) is 17.0 Å². The number of aliphatic carboxylic acids is 1. The molecule has 0 bridgehead atoms. The number of aryl methyl sites for hydroxylation is 1. The molecule has 7 nitrogen and oxygen atoms in total. The van der Waals surface area contributed by atoms with Gasteiger partial charge in [0.15, 0.2) is 0 Å². The van der Waals surface area contributed by atoms with E-state index in [0.29, 0.717) is 5.56 Å². The van der Waals surface area contributed by atoms with Crippen molar-refractivity contribution in [2.45, 2.75) is 6.92 Å². The van der Waals surface area contributed by atoms with Gasteiger partial charge in [-0.3, -0.25) is 19.7 Å². The first-order valence-corrected chi connectivity index (χ1v) is 5.73. The van der Waals surface area contributed by atoms with E-state index in [4.69, 9.17) is 5.11 Å². The third kappa shape index (κ3) is 3.64. The molecule has 1 aromatic carbocycles. The smallest absolute Gasteiger partial charge is 0.323 e. The molecule has 0 aromatic heterocycles. The van der Waals surface area contributed by atoms with Gasteiger partial charge in [0, 0.05) is 23.7 Å². The Hall–Kier alpha value is -2.70. The Kier molecular flexibility index (Phi) is 4.96. The van der Waals surface area contributed by atoms with Crippen molar-refractivity contribution in [1.82, 2.24) is 4.90 Å². The molecule has 20 heavy (non-hydrogen) atoms. The molecule has 0 radical (unpaired) electrons. The van der Waals surface area contributed by atoms with Crippen LogP contribution in [0.15, 0.2) is 30.9 Å². The highest BCUT2D eigenvalue weighted by molar-refractivity contribution is 5.96. The van der Waals surface area contributed by atoms with Crippen molar-refractivity contribution < 1.29 is 19.6 Å². The lowest BCUT2D eigenvalue weighted by Gasteiger charge is -2.18. The number of hydrogen-bond donors (Lipinski definition) is 1. The van der Waals surface area contributed by atoms with E-state index in [9.17, 15) is 19.7 Å². The highest BCUT2D eigenvalue weighted by atomic mass is 16.6. The number of nitro benzene ring substituents is 1. The second-order valence-corrected chi connectivity index (χ2v) is 4.13. The summed E-state index contributed by atoms with van der Waals surface area (Å²) < 4.78 is 0. The van der Waals surface area contributed by atoms with Crippen LogP contribution in [0.5, 0.6) is 0 Å². The lowest BCUT2D eigenvalue weighted by molar-refractivity contribution is -0.385. The Bertz CT molecular complexity index is 568. The summed E-state index contributed by atoms with van der Waals surface area (Å²) in [5.74, 6) is -1.75. The molecular weight excluding hydrogens is 264 g/mol. The molecule has 0 atom stereocenters. The van der Waals surface area contributed by atoms with Crippen LogP contribution in [0.4, 0.5) is 5.69 Å². The van der Waals surface area contributed by atoms with Gasteiger partial charge >= 0.3 is 5.97 Å². The average Bonchev–Trinajstić information content (AvgIpc) is 2.37. The van der Waals surface area contributed by atoms with E-state index < -0.39 is 23.3 Å². The van der Waals surface area contributed by atoms with Gasteiger partial charge < -0.3 is 10.0 Å². The zero-order valence-corrected chi connectivity index (χ0v) is 10.9. The fraction of sp³-hybridized carbons (Fsp3) is 0.231. The molecule has 1 amide bonds. The monoisotopic (exact) mass is 278 g/mol. The van der Waals surface area contributed by atoms with Crippen LogP contribution >= 0.6 is 0 Å². The number of nitrogens with zero attached hydrogens (tertiary/aromatic N) is 2. The van der Waals surface area contributed by atoms with Gasteiger partial charge in [-0.25, -0.2) is 0 Å². The molecule has 7 heteroatoms. The lowest BCUT2D eigenvalue weighted by atomic mass is 10.1. The molecule has 1 N–H and O–H groups in total. The second-order valence-electron chi connectivity index (χ2n) is 4.13. The maximum atomic E-state index is 12.1. The van der Waals surface area contributed by atoms with Crippen LogP contribution in [-0.2, 0) is 4.79 Å². The molecule has 0 spiro atoms. The SMILES string of the molecule is C=CCN(CC(=O)O)C(=O)c1ccc(C)c([N+](=O)[O-])c1. The predicted octanol–water partition coefficient (Wildman–Crippen LogP) is 1.62. The standard InChI is InChI=1S/C13H14N2O5/c1-3-6-14(8-12(16)17)13(18)10-5-4-9(2)11(7-10)15(19)20/h3-5,7H,1,6,8H2,2H3,(H,16,17). The molecule has 0 saturated carbocycles. The Balaban J connectivity index is 3.11. The van der Waals surface area contributed by atoms with Crippen molar-refractivity contribution in [3.8, 4) is 0 Å². The molecule has 1 rings (SSSR count). The number of nitro groups is 1. The summed E-state index contributed by atoms with van der Waals surface area (Å²) in [6, 6.07) is 4.04. The van der Waals surface area contributed by atoms with E-state index >= 15 is 0 Å². The second kappa shape index (κ2) is 6.46. The van der Waals surface area contributed by atoms with Crippen LogP contribution in [0.1, 0.15) is 15.9 Å². The maximum absolute atomic E-state index is 12.1. The summed E-state index contributed by atoms with van der Waals surface area (Å²) in [6.45, 7) is 4.56. The summed E-state index contributed by atoms with van der Waals surface area (Å²) >= 11 is 0. The molecule has 0 saturated heterocycles. The van der Waals surface area contributed by atoms with E-state index in [1.165, 1.54) is 18.2 Å². The molecule has 0 aliphatic heterocycles. The van der Waals surface area contributed by atoms with Gasteiger partial charge in [-0.1, -0.05) is 12.1 Å². The minimum Gasteiger partial charge on any atom is -0.480 e.